The predicted molar refractivity (Wildman–Crippen MR) is 62.8 cm³/mol. The third kappa shape index (κ3) is 2.24. The fourth-order valence-corrected chi connectivity index (χ4v) is 1.69. The van der Waals surface area contributed by atoms with Gasteiger partial charge in [0.25, 0.3) is 0 Å². The van der Waals surface area contributed by atoms with Gasteiger partial charge in [-0.3, -0.25) is 0 Å². The van der Waals surface area contributed by atoms with Crippen LogP contribution in [0, 0.1) is 11.3 Å². The lowest BCUT2D eigenvalue weighted by Gasteiger charge is -2.17. The van der Waals surface area contributed by atoms with Gasteiger partial charge >= 0.3 is 0 Å². The molecule has 4 nitrogen and oxygen atoms in total. The molecule has 0 unspecified atom stereocenters. The Labute approximate surface area is 90.9 Å². The summed E-state index contributed by atoms with van der Waals surface area (Å²) in [5.41, 5.74) is 7.19. The monoisotopic (exact) mass is 206 g/mol. The van der Waals surface area contributed by atoms with E-state index in [9.17, 15) is 0 Å². The van der Waals surface area contributed by atoms with Crippen molar-refractivity contribution in [3.05, 3.63) is 11.8 Å². The Hall–Kier alpha value is -1.63. The molecule has 4 heteroatoms. The molecule has 0 fully saturated rings. The van der Waals surface area contributed by atoms with E-state index < -0.39 is 0 Å². The van der Waals surface area contributed by atoms with Crippen molar-refractivity contribution >= 4 is 11.5 Å². The second kappa shape index (κ2) is 4.74. The number of aromatic nitrogens is 1. The molecule has 0 bridgehead atoms. The summed E-state index contributed by atoms with van der Waals surface area (Å²) in [5, 5.41) is 8.99. The molecule has 0 radical (unpaired) electrons. The van der Waals surface area contributed by atoms with Crippen molar-refractivity contribution in [2.45, 2.75) is 26.3 Å². The van der Waals surface area contributed by atoms with Crippen LogP contribution in [-0.4, -0.2) is 18.7 Å². The number of rotatable bonds is 4. The molecule has 0 atom stereocenters. The first kappa shape index (κ1) is 11.4. The molecule has 0 aliphatic rings. The highest BCUT2D eigenvalue weighted by atomic mass is 15.2. The van der Waals surface area contributed by atoms with Gasteiger partial charge in [0.05, 0.1) is 5.69 Å². The number of nitrogens with zero attached hydrogens (tertiary/aromatic N) is 3. The van der Waals surface area contributed by atoms with Gasteiger partial charge in [0, 0.05) is 20.6 Å². The summed E-state index contributed by atoms with van der Waals surface area (Å²) < 4.78 is 1.98. The number of nitrogen functional groups attached to an aromatic ring is 1. The lowest BCUT2D eigenvalue weighted by atomic mass is 10.3. The van der Waals surface area contributed by atoms with Crippen molar-refractivity contribution in [3.8, 4) is 6.07 Å². The van der Waals surface area contributed by atoms with Crippen LogP contribution in [0.25, 0.3) is 0 Å². The zero-order valence-corrected chi connectivity index (χ0v) is 9.62. The maximum atomic E-state index is 8.99. The van der Waals surface area contributed by atoms with Crippen LogP contribution in [0.5, 0.6) is 0 Å². The Kier molecular flexibility index (Phi) is 3.62. The lowest BCUT2D eigenvalue weighted by Crippen LogP contribution is -2.16. The van der Waals surface area contributed by atoms with Crippen molar-refractivity contribution in [1.82, 2.24) is 4.57 Å². The summed E-state index contributed by atoms with van der Waals surface area (Å²) in [6.07, 6.45) is 2.17. The maximum Gasteiger partial charge on any atom is 0.132 e. The first-order valence-corrected chi connectivity index (χ1v) is 5.18. The summed E-state index contributed by atoms with van der Waals surface area (Å²) in [6.45, 7) is 2.98. The van der Waals surface area contributed by atoms with Crippen LogP contribution in [0.4, 0.5) is 11.5 Å². The Balaban J connectivity index is 3.12. The van der Waals surface area contributed by atoms with E-state index in [2.05, 4.69) is 13.0 Å². The van der Waals surface area contributed by atoms with E-state index in [1.54, 1.807) is 6.07 Å². The van der Waals surface area contributed by atoms with Gasteiger partial charge in [-0.25, -0.2) is 0 Å². The van der Waals surface area contributed by atoms with E-state index in [-0.39, 0.29) is 0 Å². The molecule has 1 heterocycles. The molecule has 0 spiro atoms. The highest BCUT2D eigenvalue weighted by Crippen LogP contribution is 2.26. The Morgan fingerprint density at radius 1 is 1.53 bits per heavy atom. The number of nitrogens with two attached hydrogens (primary N) is 1. The zero-order valence-electron chi connectivity index (χ0n) is 9.62. The number of hydrogen-bond donors (Lipinski definition) is 1. The van der Waals surface area contributed by atoms with Gasteiger partial charge in [-0.05, 0) is 12.5 Å². The zero-order chi connectivity index (χ0) is 11.4. The minimum absolute atomic E-state index is 0.643. The van der Waals surface area contributed by atoms with E-state index >= 15 is 0 Å². The maximum absolute atomic E-state index is 8.99. The molecule has 15 heavy (non-hydrogen) atoms. The molecule has 0 saturated heterocycles. The molecular formula is C11H18N4. The molecule has 0 saturated carbocycles. The van der Waals surface area contributed by atoms with Crippen LogP contribution in [0.15, 0.2) is 6.07 Å². The first-order valence-electron chi connectivity index (χ1n) is 5.18. The van der Waals surface area contributed by atoms with Gasteiger partial charge in [0.1, 0.15) is 17.6 Å². The van der Waals surface area contributed by atoms with Crippen molar-refractivity contribution in [2.75, 3.05) is 24.7 Å². The van der Waals surface area contributed by atoms with Crippen molar-refractivity contribution < 1.29 is 0 Å². The van der Waals surface area contributed by atoms with Crippen molar-refractivity contribution in [2.24, 2.45) is 0 Å². The molecule has 2 N–H and O–H groups in total. The Morgan fingerprint density at radius 3 is 2.67 bits per heavy atom. The minimum Gasteiger partial charge on any atom is -0.396 e. The summed E-state index contributed by atoms with van der Waals surface area (Å²) in [4.78, 5) is 1.95. The SMILES string of the molecule is CCCCn1c(C#N)cc(N)c1N(C)C. The van der Waals surface area contributed by atoms with Crippen LogP contribution < -0.4 is 10.6 Å². The van der Waals surface area contributed by atoms with Gasteiger partial charge in [-0.15, -0.1) is 0 Å². The average molecular weight is 206 g/mol. The van der Waals surface area contributed by atoms with Crippen LogP contribution in [0.1, 0.15) is 25.5 Å². The fourth-order valence-electron chi connectivity index (χ4n) is 1.69. The molecule has 0 amide bonds. The van der Waals surface area contributed by atoms with Gasteiger partial charge in [-0.1, -0.05) is 13.3 Å². The molecular weight excluding hydrogens is 188 g/mol. The van der Waals surface area contributed by atoms with Crippen molar-refractivity contribution in [1.29, 1.82) is 5.26 Å². The Bertz CT molecular complexity index is 371. The van der Waals surface area contributed by atoms with Crippen molar-refractivity contribution in [3.63, 3.8) is 0 Å². The normalized spacial score (nSPS) is 10.0. The average Bonchev–Trinajstić information content (AvgIpc) is 2.51. The summed E-state index contributed by atoms with van der Waals surface area (Å²) >= 11 is 0. The smallest absolute Gasteiger partial charge is 0.132 e. The van der Waals surface area contributed by atoms with Crippen LogP contribution in [0.3, 0.4) is 0 Å². The summed E-state index contributed by atoms with van der Waals surface area (Å²) in [7, 11) is 3.88. The quantitative estimate of drug-likeness (QED) is 0.817. The number of nitriles is 1. The highest BCUT2D eigenvalue weighted by molar-refractivity contribution is 5.67. The highest BCUT2D eigenvalue weighted by Gasteiger charge is 2.13. The van der Waals surface area contributed by atoms with Crippen LogP contribution in [-0.2, 0) is 6.54 Å². The number of hydrogen-bond acceptors (Lipinski definition) is 3. The largest absolute Gasteiger partial charge is 0.396 e. The van der Waals surface area contributed by atoms with Gasteiger partial charge in [0.2, 0.25) is 0 Å². The molecule has 82 valence electrons. The lowest BCUT2D eigenvalue weighted by molar-refractivity contribution is 0.627. The second-order valence-electron chi connectivity index (χ2n) is 3.82. The number of unbranched alkanes of at least 4 members (excludes halogenated alkanes) is 1. The Morgan fingerprint density at radius 2 is 2.20 bits per heavy atom. The van der Waals surface area contributed by atoms with Crippen LogP contribution in [0.2, 0.25) is 0 Å². The second-order valence-corrected chi connectivity index (χ2v) is 3.82. The van der Waals surface area contributed by atoms with Gasteiger partial charge in [-0.2, -0.15) is 5.26 Å². The topological polar surface area (TPSA) is 58.0 Å². The third-order valence-corrected chi connectivity index (χ3v) is 2.37. The van der Waals surface area contributed by atoms with Gasteiger partial charge in [0.15, 0.2) is 0 Å². The molecule has 1 aromatic heterocycles. The van der Waals surface area contributed by atoms with Crippen LogP contribution >= 0.6 is 0 Å². The first-order chi connectivity index (χ1) is 7.11. The third-order valence-electron chi connectivity index (χ3n) is 2.37. The van der Waals surface area contributed by atoms with E-state index in [0.29, 0.717) is 11.4 Å². The number of anilines is 2. The predicted octanol–water partition coefficient (Wildman–Crippen LogP) is 1.81. The fraction of sp³-hybridized carbons (Fsp3) is 0.545. The molecule has 1 aromatic rings. The van der Waals surface area contributed by atoms with E-state index in [4.69, 9.17) is 11.0 Å². The molecule has 0 aromatic carbocycles. The standard InChI is InChI=1S/C11H18N4/c1-4-5-6-15-9(8-12)7-10(13)11(15)14(2)3/h7H,4-6,13H2,1-3H3. The van der Waals surface area contributed by atoms with Gasteiger partial charge < -0.3 is 15.2 Å². The molecule has 0 aliphatic heterocycles. The minimum atomic E-state index is 0.643. The van der Waals surface area contributed by atoms with E-state index in [1.165, 1.54) is 0 Å². The summed E-state index contributed by atoms with van der Waals surface area (Å²) in [5.74, 6) is 0.931. The van der Waals surface area contributed by atoms with E-state index in [0.717, 1.165) is 25.2 Å². The summed E-state index contributed by atoms with van der Waals surface area (Å²) in [6, 6.07) is 3.92. The molecule has 0 aliphatic carbocycles. The molecule has 1 rings (SSSR count). The van der Waals surface area contributed by atoms with E-state index in [1.807, 2.05) is 23.6 Å².